The van der Waals surface area contributed by atoms with E-state index in [9.17, 15) is 14.4 Å². The van der Waals surface area contributed by atoms with Crippen LogP contribution < -0.4 is 5.73 Å². The van der Waals surface area contributed by atoms with Crippen molar-refractivity contribution in [1.29, 1.82) is 0 Å². The second kappa shape index (κ2) is 8.66. The van der Waals surface area contributed by atoms with Crippen LogP contribution in [0.15, 0.2) is 12.2 Å². The van der Waals surface area contributed by atoms with Crippen molar-refractivity contribution in [3.63, 3.8) is 0 Å². The molecule has 0 aromatic carbocycles. The molecule has 0 unspecified atom stereocenters. The summed E-state index contributed by atoms with van der Waals surface area (Å²) < 4.78 is 0. The number of rotatable bonds is 4. The van der Waals surface area contributed by atoms with Crippen LogP contribution in [0.5, 0.6) is 0 Å². The topological polar surface area (TPSA) is 158 Å². The first kappa shape index (κ1) is 15.5. The van der Waals surface area contributed by atoms with Crippen LogP contribution in [-0.2, 0) is 14.4 Å². The standard InChI is InChI=1S/C4H4O4.C3H7NO3/c5-3(6)1-2-4(7)8;4-2(1-5)3(6)7/h1-2H,(H,5,6)(H,7,8);2,5H,1,4H2,(H,6,7)/b2-1-;/t;2-/m.0/s1. The third kappa shape index (κ3) is 14.9. The Hall–Kier alpha value is -1.93. The highest BCUT2D eigenvalue weighted by atomic mass is 16.4. The molecule has 0 spiro atoms. The molecule has 0 saturated carbocycles. The maximum absolute atomic E-state index is 9.65. The Kier molecular flexibility index (Phi) is 8.97. The molecule has 0 amide bonds. The molecule has 86 valence electrons. The van der Waals surface area contributed by atoms with Crippen LogP contribution in [0.3, 0.4) is 0 Å². The molecule has 0 aliphatic heterocycles. The van der Waals surface area contributed by atoms with Gasteiger partial charge in [-0.05, 0) is 0 Å². The van der Waals surface area contributed by atoms with Gasteiger partial charge in [0.2, 0.25) is 0 Å². The summed E-state index contributed by atoms with van der Waals surface area (Å²) >= 11 is 0. The minimum Gasteiger partial charge on any atom is -0.480 e. The fourth-order valence-corrected chi connectivity index (χ4v) is 0.221. The van der Waals surface area contributed by atoms with Crippen molar-refractivity contribution in [3.05, 3.63) is 12.2 Å². The number of hydrogen-bond acceptors (Lipinski definition) is 5. The zero-order chi connectivity index (χ0) is 12.4. The smallest absolute Gasteiger partial charge is 0.328 e. The summed E-state index contributed by atoms with van der Waals surface area (Å²) in [4.78, 5) is 28.8. The van der Waals surface area contributed by atoms with Crippen molar-refractivity contribution in [2.24, 2.45) is 5.73 Å². The summed E-state index contributed by atoms with van der Waals surface area (Å²) in [6.45, 7) is -0.505. The van der Waals surface area contributed by atoms with Gasteiger partial charge in [0.25, 0.3) is 0 Å². The monoisotopic (exact) mass is 221 g/mol. The molecule has 0 aliphatic carbocycles. The van der Waals surface area contributed by atoms with Gasteiger partial charge < -0.3 is 26.2 Å². The molecule has 0 heterocycles. The largest absolute Gasteiger partial charge is 0.480 e. The molecule has 0 bridgehead atoms. The van der Waals surface area contributed by atoms with Crippen LogP contribution >= 0.6 is 0 Å². The van der Waals surface area contributed by atoms with E-state index in [1.165, 1.54) is 0 Å². The van der Waals surface area contributed by atoms with Gasteiger partial charge >= 0.3 is 17.9 Å². The molecule has 0 saturated heterocycles. The number of carboxylic acid groups (broad SMARTS) is 3. The molecule has 15 heavy (non-hydrogen) atoms. The predicted molar refractivity (Wildman–Crippen MR) is 47.1 cm³/mol. The average Bonchev–Trinajstić information content (AvgIpc) is 2.14. The lowest BCUT2D eigenvalue weighted by molar-refractivity contribution is -0.139. The van der Waals surface area contributed by atoms with Gasteiger partial charge in [0.15, 0.2) is 0 Å². The van der Waals surface area contributed by atoms with E-state index in [-0.39, 0.29) is 0 Å². The van der Waals surface area contributed by atoms with Crippen LogP contribution in [0.2, 0.25) is 0 Å². The maximum Gasteiger partial charge on any atom is 0.328 e. The molecule has 1 atom stereocenters. The fraction of sp³-hybridized carbons (Fsp3) is 0.286. The first-order chi connectivity index (χ1) is 6.81. The van der Waals surface area contributed by atoms with E-state index in [1.54, 1.807) is 0 Å². The second-order valence-corrected chi connectivity index (χ2v) is 2.14. The Morgan fingerprint density at radius 2 is 1.40 bits per heavy atom. The summed E-state index contributed by atoms with van der Waals surface area (Å²) in [7, 11) is 0. The molecule has 0 rings (SSSR count). The molecule has 0 radical (unpaired) electrons. The summed E-state index contributed by atoms with van der Waals surface area (Å²) in [5, 5.41) is 31.5. The van der Waals surface area contributed by atoms with E-state index < -0.39 is 30.6 Å². The van der Waals surface area contributed by atoms with Gasteiger partial charge in [-0.15, -0.1) is 0 Å². The molecular weight excluding hydrogens is 210 g/mol. The number of aliphatic hydroxyl groups is 1. The van der Waals surface area contributed by atoms with Crippen molar-refractivity contribution in [2.45, 2.75) is 6.04 Å². The number of aliphatic carboxylic acids is 3. The lowest BCUT2D eigenvalue weighted by atomic mass is 10.3. The first-order valence-electron chi connectivity index (χ1n) is 3.54. The Labute approximate surface area is 84.2 Å². The SMILES string of the molecule is N[C@@H](CO)C(=O)O.O=C(O)/C=C\C(=O)O. The Balaban J connectivity index is 0. The number of carboxylic acids is 3. The normalized spacial score (nSPS) is 11.3. The van der Waals surface area contributed by atoms with Crippen molar-refractivity contribution in [1.82, 2.24) is 0 Å². The zero-order valence-corrected chi connectivity index (χ0v) is 7.53. The van der Waals surface area contributed by atoms with Crippen LogP contribution in [0.25, 0.3) is 0 Å². The molecule has 0 fully saturated rings. The zero-order valence-electron chi connectivity index (χ0n) is 7.53. The van der Waals surface area contributed by atoms with Gasteiger partial charge in [0.05, 0.1) is 6.61 Å². The molecule has 0 aliphatic rings. The van der Waals surface area contributed by atoms with Crippen LogP contribution in [0.4, 0.5) is 0 Å². The highest BCUT2D eigenvalue weighted by Crippen LogP contribution is 1.71. The highest BCUT2D eigenvalue weighted by molar-refractivity contribution is 5.89. The van der Waals surface area contributed by atoms with E-state index in [2.05, 4.69) is 0 Å². The van der Waals surface area contributed by atoms with Crippen LogP contribution in [0, 0.1) is 0 Å². The van der Waals surface area contributed by atoms with Gasteiger partial charge in [-0.25, -0.2) is 9.59 Å². The fourth-order valence-electron chi connectivity index (χ4n) is 0.221. The first-order valence-corrected chi connectivity index (χ1v) is 3.54. The minimum absolute atomic E-state index is 0.505. The van der Waals surface area contributed by atoms with Crippen molar-refractivity contribution in [3.8, 4) is 0 Å². The van der Waals surface area contributed by atoms with Gasteiger partial charge in [0.1, 0.15) is 6.04 Å². The van der Waals surface area contributed by atoms with E-state index in [1.807, 2.05) is 0 Å². The molecule has 8 nitrogen and oxygen atoms in total. The number of nitrogens with two attached hydrogens (primary N) is 1. The van der Waals surface area contributed by atoms with Crippen LogP contribution in [-0.4, -0.2) is 51.0 Å². The Bertz CT molecular complexity index is 244. The van der Waals surface area contributed by atoms with Gasteiger partial charge in [0, 0.05) is 12.2 Å². The third-order valence-corrected chi connectivity index (χ3v) is 0.882. The minimum atomic E-state index is -1.26. The van der Waals surface area contributed by atoms with E-state index in [0.717, 1.165) is 0 Å². The van der Waals surface area contributed by atoms with Crippen molar-refractivity contribution in [2.75, 3.05) is 6.61 Å². The molecular formula is C7H11NO7. The van der Waals surface area contributed by atoms with Gasteiger partial charge in [-0.1, -0.05) is 0 Å². The predicted octanol–water partition coefficient (Wildman–Crippen LogP) is -1.90. The summed E-state index contributed by atoms with van der Waals surface area (Å²) in [5.41, 5.74) is 4.77. The van der Waals surface area contributed by atoms with Crippen LogP contribution in [0.1, 0.15) is 0 Å². The number of aliphatic hydroxyl groups excluding tert-OH is 1. The van der Waals surface area contributed by atoms with Gasteiger partial charge in [-0.3, -0.25) is 4.79 Å². The van der Waals surface area contributed by atoms with Crippen molar-refractivity contribution >= 4 is 17.9 Å². The molecule has 6 N–H and O–H groups in total. The van der Waals surface area contributed by atoms with E-state index in [0.29, 0.717) is 12.2 Å². The molecule has 8 heteroatoms. The third-order valence-electron chi connectivity index (χ3n) is 0.882. The van der Waals surface area contributed by atoms with Crippen molar-refractivity contribution < 1.29 is 34.8 Å². The second-order valence-electron chi connectivity index (χ2n) is 2.14. The summed E-state index contributed by atoms with van der Waals surface area (Å²) in [6, 6.07) is -1.13. The summed E-state index contributed by atoms with van der Waals surface area (Å²) in [5.74, 6) is -3.69. The maximum atomic E-state index is 9.65. The Morgan fingerprint density at radius 1 is 1.07 bits per heavy atom. The lowest BCUT2D eigenvalue weighted by Gasteiger charge is -1.96. The van der Waals surface area contributed by atoms with Gasteiger partial charge in [-0.2, -0.15) is 0 Å². The average molecular weight is 221 g/mol. The number of hydrogen-bond donors (Lipinski definition) is 5. The lowest BCUT2D eigenvalue weighted by Crippen LogP contribution is -2.33. The van der Waals surface area contributed by atoms with E-state index >= 15 is 0 Å². The molecule has 0 aromatic heterocycles. The quantitative estimate of drug-likeness (QED) is 0.344. The number of carbonyl (C=O) groups is 3. The van der Waals surface area contributed by atoms with E-state index in [4.69, 9.17) is 26.2 Å². The summed E-state index contributed by atoms with van der Waals surface area (Å²) in [6.07, 6.45) is 1.12. The molecule has 0 aromatic rings. The highest BCUT2D eigenvalue weighted by Gasteiger charge is 2.06. The Morgan fingerprint density at radius 3 is 1.47 bits per heavy atom.